The van der Waals surface area contributed by atoms with Gasteiger partial charge in [-0.3, -0.25) is 4.79 Å². The van der Waals surface area contributed by atoms with Crippen LogP contribution in [0.3, 0.4) is 0 Å². The Hall–Kier alpha value is -1.60. The predicted octanol–water partition coefficient (Wildman–Crippen LogP) is 2.71. The van der Waals surface area contributed by atoms with Crippen LogP contribution in [0.15, 0.2) is 18.2 Å². The Kier molecular flexibility index (Phi) is 4.47. The van der Waals surface area contributed by atoms with E-state index in [1.165, 1.54) is 30.1 Å². The molecule has 1 atom stereocenters. The molecule has 0 aromatic heterocycles. The van der Waals surface area contributed by atoms with Crippen LogP contribution in [0, 0.1) is 23.1 Å². The number of hydrogen-bond acceptors (Lipinski definition) is 2. The summed E-state index contributed by atoms with van der Waals surface area (Å²) in [5.41, 5.74) is -0.151. The van der Waals surface area contributed by atoms with E-state index in [2.05, 4.69) is 0 Å². The lowest BCUT2D eigenvalue weighted by Crippen LogP contribution is -2.31. The minimum absolute atomic E-state index is 0.0754. The molecule has 0 N–H and O–H groups in total. The summed E-state index contributed by atoms with van der Waals surface area (Å²) in [6.07, 6.45) is 0. The number of halogens is 2. The van der Waals surface area contributed by atoms with Crippen LogP contribution in [0.1, 0.15) is 17.3 Å². The summed E-state index contributed by atoms with van der Waals surface area (Å²) >= 11 is 5.79. The molecule has 0 radical (unpaired) electrons. The van der Waals surface area contributed by atoms with Gasteiger partial charge in [-0.05, 0) is 19.1 Å². The van der Waals surface area contributed by atoms with Crippen molar-refractivity contribution < 1.29 is 9.18 Å². The second-order valence-corrected chi connectivity index (χ2v) is 4.22. The molecule has 0 saturated carbocycles. The third-order valence-corrected chi connectivity index (χ3v) is 2.61. The fourth-order valence-corrected chi connectivity index (χ4v) is 1.67. The van der Waals surface area contributed by atoms with Gasteiger partial charge in [-0.25, -0.2) is 4.39 Å². The van der Waals surface area contributed by atoms with E-state index >= 15 is 0 Å². The van der Waals surface area contributed by atoms with Crippen molar-refractivity contribution in [3.05, 3.63) is 34.6 Å². The first-order valence-corrected chi connectivity index (χ1v) is 5.44. The highest BCUT2D eigenvalue weighted by atomic mass is 35.5. The zero-order valence-electron chi connectivity index (χ0n) is 9.58. The van der Waals surface area contributed by atoms with Crippen LogP contribution in [-0.4, -0.2) is 24.4 Å². The summed E-state index contributed by atoms with van der Waals surface area (Å²) < 4.78 is 13.5. The van der Waals surface area contributed by atoms with Gasteiger partial charge in [0.15, 0.2) is 0 Å². The molecule has 1 aromatic carbocycles. The number of carbonyl (C=O) groups is 1. The predicted molar refractivity (Wildman–Crippen MR) is 63.1 cm³/mol. The molecule has 1 amide bonds. The van der Waals surface area contributed by atoms with Crippen molar-refractivity contribution in [2.75, 3.05) is 13.6 Å². The molecule has 0 spiro atoms. The average Bonchev–Trinajstić information content (AvgIpc) is 2.28. The summed E-state index contributed by atoms with van der Waals surface area (Å²) in [7, 11) is 1.51. The van der Waals surface area contributed by atoms with Gasteiger partial charge in [0.25, 0.3) is 5.91 Å². The molecule has 1 rings (SSSR count). The second-order valence-electron chi connectivity index (χ2n) is 3.81. The molecule has 3 nitrogen and oxygen atoms in total. The molecule has 5 heteroatoms. The Morgan fingerprint density at radius 2 is 2.29 bits per heavy atom. The van der Waals surface area contributed by atoms with Gasteiger partial charge >= 0.3 is 0 Å². The smallest absolute Gasteiger partial charge is 0.258 e. The van der Waals surface area contributed by atoms with Crippen LogP contribution in [0.4, 0.5) is 4.39 Å². The van der Waals surface area contributed by atoms with E-state index in [-0.39, 0.29) is 23.0 Å². The van der Waals surface area contributed by atoms with Crippen molar-refractivity contribution in [1.82, 2.24) is 4.90 Å². The first-order chi connectivity index (χ1) is 7.97. The Bertz CT molecular complexity index is 450. The van der Waals surface area contributed by atoms with E-state index in [0.29, 0.717) is 0 Å². The Balaban J connectivity index is 2.94. The van der Waals surface area contributed by atoms with Crippen molar-refractivity contribution in [3.8, 4) is 6.07 Å². The summed E-state index contributed by atoms with van der Waals surface area (Å²) in [6.45, 7) is 1.92. The van der Waals surface area contributed by atoms with E-state index in [1.54, 1.807) is 6.92 Å². The number of amides is 1. The molecule has 1 aromatic rings. The van der Waals surface area contributed by atoms with Gasteiger partial charge in [0, 0.05) is 13.6 Å². The molecule has 0 aliphatic rings. The van der Waals surface area contributed by atoms with Gasteiger partial charge < -0.3 is 4.90 Å². The number of hydrogen-bond donors (Lipinski definition) is 0. The highest BCUT2D eigenvalue weighted by Crippen LogP contribution is 2.20. The fraction of sp³-hybridized carbons (Fsp3) is 0.333. The SMILES string of the molecule is CC(C#N)CN(C)C(=O)c1c(F)cccc1Cl. The van der Waals surface area contributed by atoms with E-state index in [0.717, 1.165) is 0 Å². The summed E-state index contributed by atoms with van der Waals surface area (Å²) in [6, 6.07) is 6.09. The van der Waals surface area contributed by atoms with Crippen molar-refractivity contribution >= 4 is 17.5 Å². The normalized spacial score (nSPS) is 11.7. The first-order valence-electron chi connectivity index (χ1n) is 5.06. The molecule has 1 unspecified atom stereocenters. The standard InChI is InChI=1S/C12H12ClFN2O/c1-8(6-15)7-16(2)12(17)11-9(13)4-3-5-10(11)14/h3-5,8H,7H2,1-2H3. The van der Waals surface area contributed by atoms with Gasteiger partial charge in [0.1, 0.15) is 5.82 Å². The Morgan fingerprint density at radius 1 is 1.65 bits per heavy atom. The zero-order chi connectivity index (χ0) is 13.0. The number of nitriles is 1. The van der Waals surface area contributed by atoms with Crippen molar-refractivity contribution in [2.24, 2.45) is 5.92 Å². The molecule has 0 saturated heterocycles. The van der Waals surface area contributed by atoms with Crippen molar-refractivity contribution in [1.29, 1.82) is 5.26 Å². The van der Waals surface area contributed by atoms with Crippen molar-refractivity contribution in [2.45, 2.75) is 6.92 Å². The maximum absolute atomic E-state index is 13.5. The lowest BCUT2D eigenvalue weighted by Gasteiger charge is -2.19. The van der Waals surface area contributed by atoms with Gasteiger partial charge in [0.05, 0.1) is 22.6 Å². The van der Waals surface area contributed by atoms with Gasteiger partial charge in [-0.2, -0.15) is 5.26 Å². The maximum atomic E-state index is 13.5. The van der Waals surface area contributed by atoms with Gasteiger partial charge in [-0.15, -0.1) is 0 Å². The average molecular weight is 255 g/mol. The number of nitrogens with zero attached hydrogens (tertiary/aromatic N) is 2. The molecule has 0 aliphatic heterocycles. The van der Waals surface area contributed by atoms with E-state index in [1.807, 2.05) is 6.07 Å². The van der Waals surface area contributed by atoms with Gasteiger partial charge in [0.2, 0.25) is 0 Å². The third kappa shape index (κ3) is 3.18. The third-order valence-electron chi connectivity index (χ3n) is 2.29. The molecule has 0 heterocycles. The molecule has 0 fully saturated rings. The maximum Gasteiger partial charge on any atom is 0.258 e. The van der Waals surface area contributed by atoms with E-state index in [9.17, 15) is 9.18 Å². The summed E-state index contributed by atoms with van der Waals surface area (Å²) in [5.74, 6) is -1.48. The lowest BCUT2D eigenvalue weighted by molar-refractivity contribution is 0.0780. The first kappa shape index (κ1) is 13.5. The quantitative estimate of drug-likeness (QED) is 0.832. The van der Waals surface area contributed by atoms with Crippen LogP contribution in [0.5, 0.6) is 0 Å². The molecule has 17 heavy (non-hydrogen) atoms. The second kappa shape index (κ2) is 5.65. The minimum atomic E-state index is -0.654. The van der Waals surface area contributed by atoms with Crippen LogP contribution in [0.25, 0.3) is 0 Å². The van der Waals surface area contributed by atoms with Crippen LogP contribution >= 0.6 is 11.6 Å². The summed E-state index contributed by atoms with van der Waals surface area (Å²) in [5, 5.41) is 8.73. The molecular weight excluding hydrogens is 243 g/mol. The van der Waals surface area contributed by atoms with E-state index in [4.69, 9.17) is 16.9 Å². The van der Waals surface area contributed by atoms with Crippen LogP contribution < -0.4 is 0 Å². The Morgan fingerprint density at radius 3 is 2.82 bits per heavy atom. The molecular formula is C12H12ClFN2O. The number of rotatable bonds is 3. The highest BCUT2D eigenvalue weighted by molar-refractivity contribution is 6.33. The largest absolute Gasteiger partial charge is 0.340 e. The lowest BCUT2D eigenvalue weighted by atomic mass is 10.1. The van der Waals surface area contributed by atoms with Crippen LogP contribution in [0.2, 0.25) is 5.02 Å². The monoisotopic (exact) mass is 254 g/mol. The number of benzene rings is 1. The molecule has 0 bridgehead atoms. The zero-order valence-corrected chi connectivity index (χ0v) is 10.3. The molecule has 0 aliphatic carbocycles. The van der Waals surface area contributed by atoms with Crippen molar-refractivity contribution in [3.63, 3.8) is 0 Å². The fourth-order valence-electron chi connectivity index (χ4n) is 1.43. The highest BCUT2D eigenvalue weighted by Gasteiger charge is 2.20. The van der Waals surface area contributed by atoms with Gasteiger partial charge in [-0.1, -0.05) is 17.7 Å². The topological polar surface area (TPSA) is 44.1 Å². The number of carbonyl (C=O) groups excluding carboxylic acids is 1. The van der Waals surface area contributed by atoms with E-state index < -0.39 is 11.7 Å². The Labute approximate surface area is 104 Å². The molecule has 90 valence electrons. The minimum Gasteiger partial charge on any atom is -0.340 e. The van der Waals surface area contributed by atoms with Crippen LogP contribution in [-0.2, 0) is 0 Å². The summed E-state index contributed by atoms with van der Waals surface area (Å²) in [4.78, 5) is 13.2.